The van der Waals surface area contributed by atoms with Crippen LogP contribution in [-0.2, 0) is 17.8 Å². The van der Waals surface area contributed by atoms with Crippen molar-refractivity contribution in [2.45, 2.75) is 33.7 Å². The van der Waals surface area contributed by atoms with E-state index in [9.17, 15) is 14.4 Å². The number of carbonyl (C=O) groups excluding carboxylic acids is 2. The molecule has 0 aliphatic rings. The fourth-order valence-corrected chi connectivity index (χ4v) is 5.25. The molecular weight excluding hydrogens is 504 g/mol. The smallest absolute Gasteiger partial charge is 0.266 e. The van der Waals surface area contributed by atoms with Crippen LogP contribution >= 0.6 is 11.3 Å². The van der Waals surface area contributed by atoms with E-state index in [1.165, 1.54) is 10.9 Å². The highest BCUT2D eigenvalue weighted by molar-refractivity contribution is 7.20. The zero-order chi connectivity index (χ0) is 27.4. The van der Waals surface area contributed by atoms with Crippen molar-refractivity contribution < 1.29 is 19.1 Å². The Labute approximate surface area is 224 Å². The standard InChI is InChI=1S/C28H30N4O5S/c1-16-6-8-20(17(2)12-16)31-26(34)25-18(3)24-27(38-25)30-15-32(28(24)35)14-23(33)29-11-10-19-7-9-21(36-4)22(13-19)37-5/h6-9,12-13,15H,10-11,14H2,1-5H3,(H,29,33)(H,31,34). The van der Waals surface area contributed by atoms with Gasteiger partial charge in [-0.15, -0.1) is 11.3 Å². The van der Waals surface area contributed by atoms with Crippen molar-refractivity contribution in [2.75, 3.05) is 26.1 Å². The monoisotopic (exact) mass is 534 g/mol. The molecule has 0 saturated heterocycles. The van der Waals surface area contributed by atoms with Crippen molar-refractivity contribution in [3.63, 3.8) is 0 Å². The SMILES string of the molecule is COc1ccc(CCNC(=O)Cn2cnc3sc(C(=O)Nc4ccc(C)cc4C)c(C)c3c2=O)cc1OC. The molecule has 0 fully saturated rings. The quantitative estimate of drug-likeness (QED) is 0.336. The number of fused-ring (bicyclic) bond motifs is 1. The van der Waals surface area contributed by atoms with E-state index in [-0.39, 0.29) is 23.9 Å². The molecule has 2 amide bonds. The summed E-state index contributed by atoms with van der Waals surface area (Å²) in [5.41, 5.74) is 3.94. The van der Waals surface area contributed by atoms with Gasteiger partial charge in [0.15, 0.2) is 11.5 Å². The van der Waals surface area contributed by atoms with E-state index in [1.807, 2.05) is 50.2 Å². The lowest BCUT2D eigenvalue weighted by atomic mass is 10.1. The third kappa shape index (κ3) is 5.70. The average Bonchev–Trinajstić information content (AvgIpc) is 3.24. The summed E-state index contributed by atoms with van der Waals surface area (Å²) in [6.07, 6.45) is 1.93. The van der Waals surface area contributed by atoms with Gasteiger partial charge in [-0.05, 0) is 62.1 Å². The van der Waals surface area contributed by atoms with Gasteiger partial charge in [-0.1, -0.05) is 23.8 Å². The van der Waals surface area contributed by atoms with E-state index in [1.54, 1.807) is 21.1 Å². The van der Waals surface area contributed by atoms with E-state index in [0.29, 0.717) is 50.8 Å². The minimum atomic E-state index is -0.357. The topological polar surface area (TPSA) is 112 Å². The van der Waals surface area contributed by atoms with Gasteiger partial charge < -0.3 is 20.1 Å². The number of thiophene rings is 1. The Morgan fingerprint density at radius 2 is 1.79 bits per heavy atom. The van der Waals surface area contributed by atoms with Gasteiger partial charge in [0.05, 0.1) is 30.8 Å². The number of hydrogen-bond acceptors (Lipinski definition) is 7. The van der Waals surface area contributed by atoms with Crippen LogP contribution in [0.4, 0.5) is 5.69 Å². The van der Waals surface area contributed by atoms with Crippen molar-refractivity contribution in [3.8, 4) is 11.5 Å². The minimum Gasteiger partial charge on any atom is -0.493 e. The zero-order valence-electron chi connectivity index (χ0n) is 22.0. The molecule has 9 nitrogen and oxygen atoms in total. The number of amides is 2. The molecule has 2 N–H and O–H groups in total. The molecule has 0 atom stereocenters. The van der Waals surface area contributed by atoms with Gasteiger partial charge in [-0.25, -0.2) is 4.98 Å². The maximum atomic E-state index is 13.2. The van der Waals surface area contributed by atoms with Gasteiger partial charge in [0.25, 0.3) is 11.5 Å². The molecule has 0 bridgehead atoms. The first-order valence-electron chi connectivity index (χ1n) is 12.1. The van der Waals surface area contributed by atoms with Crippen LogP contribution in [-0.4, -0.2) is 42.1 Å². The highest BCUT2D eigenvalue weighted by Crippen LogP contribution is 2.29. The summed E-state index contributed by atoms with van der Waals surface area (Å²) in [4.78, 5) is 44.0. The third-order valence-electron chi connectivity index (χ3n) is 6.25. The molecule has 0 saturated carbocycles. The lowest BCUT2D eigenvalue weighted by molar-refractivity contribution is -0.121. The van der Waals surface area contributed by atoms with Crippen molar-refractivity contribution in [1.29, 1.82) is 0 Å². The Kier molecular flexibility index (Phi) is 8.11. The van der Waals surface area contributed by atoms with E-state index in [4.69, 9.17) is 9.47 Å². The van der Waals surface area contributed by atoms with Gasteiger partial charge in [0.2, 0.25) is 5.91 Å². The van der Waals surface area contributed by atoms with Crippen LogP contribution in [0.25, 0.3) is 10.2 Å². The first-order valence-corrected chi connectivity index (χ1v) is 12.9. The largest absolute Gasteiger partial charge is 0.493 e. The summed E-state index contributed by atoms with van der Waals surface area (Å²) < 4.78 is 11.8. The van der Waals surface area contributed by atoms with Gasteiger partial charge in [0, 0.05) is 12.2 Å². The number of rotatable bonds is 9. The second kappa shape index (κ2) is 11.5. The van der Waals surface area contributed by atoms with Crippen molar-refractivity contribution in [2.24, 2.45) is 0 Å². The number of aryl methyl sites for hydroxylation is 3. The molecule has 4 rings (SSSR count). The normalized spacial score (nSPS) is 10.9. The zero-order valence-corrected chi connectivity index (χ0v) is 22.8. The van der Waals surface area contributed by atoms with Crippen molar-refractivity contribution in [1.82, 2.24) is 14.9 Å². The molecule has 2 aromatic heterocycles. The number of nitrogens with one attached hydrogen (secondary N) is 2. The van der Waals surface area contributed by atoms with Crippen LogP contribution in [0.1, 0.15) is 31.9 Å². The molecule has 2 aromatic carbocycles. The molecule has 0 aliphatic carbocycles. The van der Waals surface area contributed by atoms with Gasteiger partial charge in [0.1, 0.15) is 11.4 Å². The summed E-state index contributed by atoms with van der Waals surface area (Å²) in [5.74, 6) is 0.651. The molecule has 2 heterocycles. The Morgan fingerprint density at radius 3 is 2.50 bits per heavy atom. The van der Waals surface area contributed by atoms with E-state index >= 15 is 0 Å². The predicted molar refractivity (Wildman–Crippen MR) is 149 cm³/mol. The lowest BCUT2D eigenvalue weighted by Gasteiger charge is -2.10. The van der Waals surface area contributed by atoms with Gasteiger partial charge in [-0.2, -0.15) is 0 Å². The second-order valence-electron chi connectivity index (χ2n) is 8.98. The maximum Gasteiger partial charge on any atom is 0.266 e. The summed E-state index contributed by atoms with van der Waals surface area (Å²) >= 11 is 1.16. The number of methoxy groups -OCH3 is 2. The molecule has 0 unspecified atom stereocenters. The van der Waals surface area contributed by atoms with Crippen molar-refractivity contribution in [3.05, 3.63) is 80.2 Å². The molecule has 0 radical (unpaired) electrons. The van der Waals surface area contributed by atoms with E-state index < -0.39 is 0 Å². The number of carbonyl (C=O) groups is 2. The van der Waals surface area contributed by atoms with Crippen LogP contribution in [0, 0.1) is 20.8 Å². The molecule has 198 valence electrons. The number of ether oxygens (including phenoxy) is 2. The molecule has 4 aromatic rings. The van der Waals surface area contributed by atoms with Gasteiger partial charge >= 0.3 is 0 Å². The Hall–Kier alpha value is -4.18. The number of hydrogen-bond donors (Lipinski definition) is 2. The Morgan fingerprint density at radius 1 is 1.03 bits per heavy atom. The number of nitrogens with zero attached hydrogens (tertiary/aromatic N) is 2. The predicted octanol–water partition coefficient (Wildman–Crippen LogP) is 4.01. The first kappa shape index (κ1) is 26.9. The number of benzene rings is 2. The average molecular weight is 535 g/mol. The highest BCUT2D eigenvalue weighted by Gasteiger charge is 2.20. The van der Waals surface area contributed by atoms with Gasteiger partial charge in [-0.3, -0.25) is 19.0 Å². The third-order valence-corrected chi connectivity index (χ3v) is 7.45. The maximum absolute atomic E-state index is 13.2. The van der Waals surface area contributed by atoms with Crippen molar-refractivity contribution >= 4 is 39.1 Å². The van der Waals surface area contributed by atoms with Crippen LogP contribution in [0.2, 0.25) is 0 Å². The van der Waals surface area contributed by atoms with Crippen LogP contribution in [0.3, 0.4) is 0 Å². The summed E-state index contributed by atoms with van der Waals surface area (Å²) in [7, 11) is 3.15. The van der Waals surface area contributed by atoms with Crippen LogP contribution in [0.15, 0.2) is 47.5 Å². The lowest BCUT2D eigenvalue weighted by Crippen LogP contribution is -2.33. The minimum absolute atomic E-state index is 0.174. The highest BCUT2D eigenvalue weighted by atomic mass is 32.1. The van der Waals surface area contributed by atoms with E-state index in [0.717, 1.165) is 28.0 Å². The van der Waals surface area contributed by atoms with Crippen LogP contribution in [0.5, 0.6) is 11.5 Å². The number of anilines is 1. The second-order valence-corrected chi connectivity index (χ2v) is 9.97. The summed E-state index contributed by atoms with van der Waals surface area (Å²) in [6.45, 7) is 5.86. The molecular formula is C28H30N4O5S. The van der Waals surface area contributed by atoms with E-state index in [2.05, 4.69) is 15.6 Å². The fraction of sp³-hybridized carbons (Fsp3) is 0.286. The molecule has 0 aliphatic heterocycles. The van der Waals surface area contributed by atoms with Crippen LogP contribution < -0.4 is 25.7 Å². The summed E-state index contributed by atoms with van der Waals surface area (Å²) in [6, 6.07) is 11.4. The fourth-order valence-electron chi connectivity index (χ4n) is 4.21. The Balaban J connectivity index is 1.44. The molecule has 38 heavy (non-hydrogen) atoms. The first-order chi connectivity index (χ1) is 18.2. The molecule has 0 spiro atoms. The molecule has 10 heteroatoms. The Bertz CT molecular complexity index is 1570. The number of aromatic nitrogens is 2. The summed E-state index contributed by atoms with van der Waals surface area (Å²) in [5, 5.41) is 6.11.